The molecule has 38 heavy (non-hydrogen) atoms. The van der Waals surface area contributed by atoms with Crippen LogP contribution in [0.5, 0.6) is 0 Å². The molecule has 13 heteroatoms. The van der Waals surface area contributed by atoms with Gasteiger partial charge in [0, 0.05) is 32.1 Å². The molecule has 0 aromatic heterocycles. The molecule has 3 atom stereocenters. The van der Waals surface area contributed by atoms with E-state index >= 15 is 0 Å². The fraction of sp³-hybridized carbons (Fsp3) is 0.720. The smallest absolute Gasteiger partial charge is 0.326 e. The fourth-order valence-corrected chi connectivity index (χ4v) is 3.63. The number of aliphatic carboxylic acids is 2. The molecule has 0 aromatic rings. The van der Waals surface area contributed by atoms with Crippen LogP contribution in [-0.2, 0) is 43.0 Å². The summed E-state index contributed by atoms with van der Waals surface area (Å²) in [6, 6.07) is -2.96. The molecule has 3 unspecified atom stereocenters. The lowest BCUT2D eigenvalue weighted by atomic mass is 10.0. The second-order valence-electron chi connectivity index (χ2n) is 8.88. The van der Waals surface area contributed by atoms with E-state index in [0.717, 1.165) is 38.5 Å². The lowest BCUT2D eigenvalue weighted by Crippen LogP contribution is -2.52. The first-order chi connectivity index (χ1) is 18.1. The normalized spacial score (nSPS) is 12.9. The van der Waals surface area contributed by atoms with Crippen molar-refractivity contribution in [1.82, 2.24) is 10.6 Å². The van der Waals surface area contributed by atoms with Crippen molar-refractivity contribution in [2.24, 2.45) is 0 Å². The highest BCUT2D eigenvalue weighted by atomic mass is 16.5. The first kappa shape index (κ1) is 34.5. The lowest BCUT2D eigenvalue weighted by Gasteiger charge is -2.22. The third-order valence-electron chi connectivity index (χ3n) is 5.68. The Morgan fingerprint density at radius 1 is 0.789 bits per heavy atom. The highest BCUT2D eigenvalue weighted by molar-refractivity contribution is 5.94. The third-order valence-corrected chi connectivity index (χ3v) is 5.68. The summed E-state index contributed by atoms with van der Waals surface area (Å²) in [5.41, 5.74) is 0. The van der Waals surface area contributed by atoms with Crippen molar-refractivity contribution in [2.45, 2.75) is 109 Å². The van der Waals surface area contributed by atoms with Gasteiger partial charge in [0.15, 0.2) is 0 Å². The molecule has 0 fully saturated rings. The quantitative estimate of drug-likeness (QED) is 0.0958. The van der Waals surface area contributed by atoms with Crippen LogP contribution >= 0.6 is 0 Å². The van der Waals surface area contributed by atoms with Crippen LogP contribution < -0.4 is 10.6 Å². The van der Waals surface area contributed by atoms with E-state index in [1.165, 1.54) is 0 Å². The molecule has 4 N–H and O–H groups in total. The zero-order valence-electron chi connectivity index (χ0n) is 21.9. The first-order valence-corrected chi connectivity index (χ1v) is 12.8. The zero-order valence-corrected chi connectivity index (χ0v) is 21.9. The number of nitrogens with one attached hydrogen (secondary N) is 2. The van der Waals surface area contributed by atoms with Gasteiger partial charge in [0.25, 0.3) is 12.9 Å². The second-order valence-corrected chi connectivity index (χ2v) is 8.88. The molecule has 0 spiro atoms. The van der Waals surface area contributed by atoms with E-state index in [1.807, 2.05) is 0 Å². The van der Waals surface area contributed by atoms with Gasteiger partial charge in [-0.25, -0.2) is 4.79 Å². The molecule has 0 saturated heterocycles. The maximum atomic E-state index is 12.8. The third kappa shape index (κ3) is 17.8. The Balaban J connectivity index is 5.22. The Labute approximate surface area is 222 Å². The van der Waals surface area contributed by atoms with Crippen molar-refractivity contribution in [3.63, 3.8) is 0 Å². The summed E-state index contributed by atoms with van der Waals surface area (Å²) in [6.45, 7) is 2.33. The molecule has 0 aliphatic rings. The first-order valence-electron chi connectivity index (χ1n) is 12.8. The number of hydrogen-bond donors (Lipinski definition) is 4. The number of ketones is 1. The van der Waals surface area contributed by atoms with Gasteiger partial charge in [0.05, 0.1) is 6.61 Å². The molecule has 2 amide bonds. The molecule has 0 radical (unpaired) electrons. The van der Waals surface area contributed by atoms with Crippen LogP contribution in [0, 0.1) is 0 Å². The standard InChI is InChI=1S/C25H40N2O11/c1-2-3-4-5-6-7-8-9-22(31)26-21(24(34)27-20(25(35)36)10-11-23(32)33)15-18(30)14-19(38-17-29)12-13-37-16-28/h16-17,19-21H,2-15H2,1H3,(H,26,31)(H,27,34)(H,32,33)(H,35,36). The Morgan fingerprint density at radius 3 is 2.03 bits per heavy atom. The molecular weight excluding hydrogens is 504 g/mol. The molecule has 0 heterocycles. The van der Waals surface area contributed by atoms with Crippen LogP contribution in [0.3, 0.4) is 0 Å². The van der Waals surface area contributed by atoms with E-state index in [-0.39, 0.29) is 38.8 Å². The summed E-state index contributed by atoms with van der Waals surface area (Å²) < 4.78 is 9.35. The van der Waals surface area contributed by atoms with Gasteiger partial charge in [-0.1, -0.05) is 45.4 Å². The average Bonchev–Trinajstić information content (AvgIpc) is 2.85. The Kier molecular flexibility index (Phi) is 19.6. The molecule has 0 rings (SSSR count). The van der Waals surface area contributed by atoms with Gasteiger partial charge in [-0.15, -0.1) is 0 Å². The predicted molar refractivity (Wildman–Crippen MR) is 133 cm³/mol. The predicted octanol–water partition coefficient (Wildman–Crippen LogP) is 1.50. The van der Waals surface area contributed by atoms with E-state index in [1.54, 1.807) is 0 Å². The van der Waals surface area contributed by atoms with Crippen molar-refractivity contribution < 1.29 is 53.2 Å². The highest BCUT2D eigenvalue weighted by Gasteiger charge is 2.29. The number of rotatable bonds is 25. The molecule has 0 aromatic carbocycles. The van der Waals surface area contributed by atoms with Gasteiger partial charge < -0.3 is 30.3 Å². The van der Waals surface area contributed by atoms with Crippen LogP contribution in [0.25, 0.3) is 0 Å². The summed E-state index contributed by atoms with van der Waals surface area (Å²) >= 11 is 0. The fourth-order valence-electron chi connectivity index (χ4n) is 3.63. The maximum Gasteiger partial charge on any atom is 0.326 e. The number of amides is 2. The number of carboxylic acid groups (broad SMARTS) is 2. The van der Waals surface area contributed by atoms with Crippen LogP contribution in [0.1, 0.15) is 90.4 Å². The van der Waals surface area contributed by atoms with Crippen LogP contribution in [0.4, 0.5) is 0 Å². The largest absolute Gasteiger partial charge is 0.481 e. The minimum Gasteiger partial charge on any atom is -0.481 e. The molecule has 13 nitrogen and oxygen atoms in total. The van der Waals surface area contributed by atoms with Gasteiger partial charge >= 0.3 is 11.9 Å². The molecule has 0 aliphatic heterocycles. The monoisotopic (exact) mass is 544 g/mol. The Hall–Kier alpha value is -3.51. The van der Waals surface area contributed by atoms with E-state index in [0.29, 0.717) is 6.42 Å². The minimum atomic E-state index is -1.54. The molecule has 0 aliphatic carbocycles. The Morgan fingerprint density at radius 2 is 1.45 bits per heavy atom. The Bertz CT molecular complexity index is 772. The van der Waals surface area contributed by atoms with Crippen LogP contribution in [0.15, 0.2) is 0 Å². The summed E-state index contributed by atoms with van der Waals surface area (Å²) in [4.78, 5) is 81.3. The lowest BCUT2D eigenvalue weighted by molar-refractivity contribution is -0.143. The van der Waals surface area contributed by atoms with Crippen molar-refractivity contribution in [2.75, 3.05) is 6.61 Å². The van der Waals surface area contributed by atoms with Gasteiger partial charge in [-0.05, 0) is 12.8 Å². The van der Waals surface area contributed by atoms with Crippen molar-refractivity contribution in [3.8, 4) is 0 Å². The van der Waals surface area contributed by atoms with Gasteiger partial charge in [-0.3, -0.25) is 28.8 Å². The molecule has 0 bridgehead atoms. The molecule has 0 saturated carbocycles. The summed E-state index contributed by atoms with van der Waals surface area (Å²) in [7, 11) is 0. The van der Waals surface area contributed by atoms with Gasteiger partial charge in [0.1, 0.15) is 24.0 Å². The van der Waals surface area contributed by atoms with E-state index < -0.39 is 67.0 Å². The number of Topliss-reactive ketones (excluding diaryl/α,β-unsaturated/α-hetero) is 1. The summed E-state index contributed by atoms with van der Waals surface area (Å²) in [5, 5.41) is 22.8. The van der Waals surface area contributed by atoms with Crippen LogP contribution in [0.2, 0.25) is 0 Å². The summed E-state index contributed by atoms with van der Waals surface area (Å²) in [5.74, 6) is -4.74. The topological polar surface area (TPSA) is 202 Å². The number of ether oxygens (including phenoxy) is 2. The van der Waals surface area contributed by atoms with Crippen LogP contribution in [-0.4, -0.2) is 77.5 Å². The van der Waals surface area contributed by atoms with Gasteiger partial charge in [0.2, 0.25) is 11.8 Å². The zero-order chi connectivity index (χ0) is 28.8. The van der Waals surface area contributed by atoms with E-state index in [2.05, 4.69) is 22.3 Å². The number of carbonyl (C=O) groups is 7. The van der Waals surface area contributed by atoms with Crippen molar-refractivity contribution in [3.05, 3.63) is 0 Å². The van der Waals surface area contributed by atoms with Crippen molar-refractivity contribution >= 4 is 42.5 Å². The number of hydrogen-bond acceptors (Lipinski definition) is 9. The maximum absolute atomic E-state index is 12.8. The van der Waals surface area contributed by atoms with E-state index in [4.69, 9.17) is 9.84 Å². The number of carbonyl (C=O) groups excluding carboxylic acids is 5. The number of carboxylic acids is 2. The molecule has 216 valence electrons. The molecular formula is C25H40N2O11. The average molecular weight is 545 g/mol. The van der Waals surface area contributed by atoms with Crippen molar-refractivity contribution in [1.29, 1.82) is 0 Å². The second kappa shape index (κ2) is 21.6. The van der Waals surface area contributed by atoms with E-state index in [9.17, 15) is 38.7 Å². The number of unbranched alkanes of at least 4 members (excludes halogenated alkanes) is 6. The SMILES string of the molecule is CCCCCCCCCC(=O)NC(CC(=O)CC(CCOC=O)OC=O)C(=O)NC(CCC(=O)O)C(=O)O. The minimum absolute atomic E-state index is 0.0287. The highest BCUT2D eigenvalue weighted by Crippen LogP contribution is 2.11. The summed E-state index contributed by atoms with van der Waals surface area (Å²) in [6.07, 6.45) is 4.24. The van der Waals surface area contributed by atoms with Gasteiger partial charge in [-0.2, -0.15) is 0 Å².